The summed E-state index contributed by atoms with van der Waals surface area (Å²) in [4.78, 5) is 27.1. The SMILES string of the molecule is CCN(CC)c1ccc(NC(=O)CN(C(C)=O)c2c(F)cccc2F)cc1. The van der Waals surface area contributed by atoms with Crippen LogP contribution in [0.5, 0.6) is 0 Å². The maximum atomic E-state index is 14.0. The molecule has 0 aromatic heterocycles. The second kappa shape index (κ2) is 9.12. The van der Waals surface area contributed by atoms with Crippen LogP contribution in [0.15, 0.2) is 42.5 Å². The van der Waals surface area contributed by atoms with Gasteiger partial charge in [-0.15, -0.1) is 0 Å². The molecule has 1 N–H and O–H groups in total. The van der Waals surface area contributed by atoms with E-state index in [-0.39, 0.29) is 0 Å². The van der Waals surface area contributed by atoms with E-state index in [1.54, 1.807) is 12.1 Å². The first-order valence-electron chi connectivity index (χ1n) is 8.74. The summed E-state index contributed by atoms with van der Waals surface area (Å²) in [6, 6.07) is 10.5. The van der Waals surface area contributed by atoms with Gasteiger partial charge in [-0.2, -0.15) is 0 Å². The van der Waals surface area contributed by atoms with Crippen molar-refractivity contribution in [2.45, 2.75) is 20.8 Å². The molecule has 0 radical (unpaired) electrons. The third-order valence-corrected chi connectivity index (χ3v) is 4.17. The van der Waals surface area contributed by atoms with Crippen LogP contribution in [0.25, 0.3) is 0 Å². The first-order chi connectivity index (χ1) is 12.9. The molecule has 0 aliphatic heterocycles. The van der Waals surface area contributed by atoms with Crippen molar-refractivity contribution in [1.29, 1.82) is 0 Å². The van der Waals surface area contributed by atoms with Gasteiger partial charge in [-0.3, -0.25) is 14.5 Å². The van der Waals surface area contributed by atoms with Crippen LogP contribution in [-0.4, -0.2) is 31.4 Å². The van der Waals surface area contributed by atoms with Crippen LogP contribution in [0.1, 0.15) is 20.8 Å². The van der Waals surface area contributed by atoms with Crippen molar-refractivity contribution in [3.8, 4) is 0 Å². The molecular weight excluding hydrogens is 352 g/mol. The predicted molar refractivity (Wildman–Crippen MR) is 103 cm³/mol. The monoisotopic (exact) mass is 375 g/mol. The fourth-order valence-electron chi connectivity index (χ4n) is 2.78. The maximum Gasteiger partial charge on any atom is 0.244 e. The largest absolute Gasteiger partial charge is 0.372 e. The van der Waals surface area contributed by atoms with Crippen LogP contribution in [-0.2, 0) is 9.59 Å². The van der Waals surface area contributed by atoms with Gasteiger partial charge in [0, 0.05) is 31.4 Å². The van der Waals surface area contributed by atoms with E-state index in [4.69, 9.17) is 0 Å². The number of rotatable bonds is 7. The van der Waals surface area contributed by atoms with Crippen LogP contribution in [0, 0.1) is 11.6 Å². The van der Waals surface area contributed by atoms with Gasteiger partial charge in [0.25, 0.3) is 0 Å². The lowest BCUT2D eigenvalue weighted by molar-refractivity contribution is -0.120. The van der Waals surface area contributed by atoms with Crippen LogP contribution in [0.4, 0.5) is 25.8 Å². The zero-order valence-corrected chi connectivity index (χ0v) is 15.6. The maximum absolute atomic E-state index is 14.0. The van der Waals surface area contributed by atoms with E-state index >= 15 is 0 Å². The molecule has 0 bridgehead atoms. The lowest BCUT2D eigenvalue weighted by Crippen LogP contribution is -2.37. The second-order valence-electron chi connectivity index (χ2n) is 5.94. The molecular formula is C20H23F2N3O2. The van der Waals surface area contributed by atoms with Crippen LogP contribution < -0.4 is 15.1 Å². The lowest BCUT2D eigenvalue weighted by atomic mass is 10.2. The molecule has 144 valence electrons. The summed E-state index contributed by atoms with van der Waals surface area (Å²) in [7, 11) is 0. The Kier molecular flexibility index (Phi) is 6.87. The Morgan fingerprint density at radius 2 is 1.52 bits per heavy atom. The summed E-state index contributed by atoms with van der Waals surface area (Å²) < 4.78 is 27.9. The molecule has 0 aliphatic rings. The van der Waals surface area contributed by atoms with Crippen LogP contribution >= 0.6 is 0 Å². The molecule has 0 fully saturated rings. The van der Waals surface area contributed by atoms with Gasteiger partial charge in [0.15, 0.2) is 0 Å². The highest BCUT2D eigenvalue weighted by atomic mass is 19.1. The molecule has 7 heteroatoms. The number of para-hydroxylation sites is 1. The summed E-state index contributed by atoms with van der Waals surface area (Å²) in [6.07, 6.45) is 0. The molecule has 2 aromatic carbocycles. The van der Waals surface area contributed by atoms with Gasteiger partial charge >= 0.3 is 0 Å². The van der Waals surface area contributed by atoms with Gasteiger partial charge < -0.3 is 10.2 Å². The average Bonchev–Trinajstić information content (AvgIpc) is 2.63. The minimum Gasteiger partial charge on any atom is -0.372 e. The molecule has 0 spiro atoms. The summed E-state index contributed by atoms with van der Waals surface area (Å²) in [5, 5.41) is 2.64. The third-order valence-electron chi connectivity index (χ3n) is 4.17. The standard InChI is InChI=1S/C20H23F2N3O2/c1-4-24(5-2)16-11-9-15(10-12-16)23-19(27)13-25(14(3)26)20-17(21)7-6-8-18(20)22/h6-12H,4-5,13H2,1-3H3,(H,23,27). The zero-order valence-electron chi connectivity index (χ0n) is 15.6. The van der Waals surface area contributed by atoms with E-state index in [1.165, 1.54) is 6.07 Å². The molecule has 27 heavy (non-hydrogen) atoms. The highest BCUT2D eigenvalue weighted by Crippen LogP contribution is 2.23. The number of benzene rings is 2. The molecule has 0 heterocycles. The fourth-order valence-corrected chi connectivity index (χ4v) is 2.78. The number of carbonyl (C=O) groups excluding carboxylic acids is 2. The van der Waals surface area contributed by atoms with E-state index in [0.29, 0.717) is 5.69 Å². The average molecular weight is 375 g/mol. The van der Waals surface area contributed by atoms with E-state index in [1.807, 2.05) is 12.1 Å². The number of hydrogen-bond donors (Lipinski definition) is 1. The van der Waals surface area contributed by atoms with Gasteiger partial charge in [-0.25, -0.2) is 8.78 Å². The molecule has 5 nitrogen and oxygen atoms in total. The van der Waals surface area contributed by atoms with Crippen LogP contribution in [0.3, 0.4) is 0 Å². The summed E-state index contributed by atoms with van der Waals surface area (Å²) >= 11 is 0. The number of nitrogens with zero attached hydrogens (tertiary/aromatic N) is 2. The fraction of sp³-hybridized carbons (Fsp3) is 0.300. The topological polar surface area (TPSA) is 52.7 Å². The first kappa shape index (κ1) is 20.4. The van der Waals surface area contributed by atoms with Gasteiger partial charge in [0.1, 0.15) is 23.9 Å². The van der Waals surface area contributed by atoms with Gasteiger partial charge in [0.2, 0.25) is 11.8 Å². The molecule has 2 amide bonds. The Bertz CT molecular complexity index is 785. The molecule has 2 rings (SSSR count). The lowest BCUT2D eigenvalue weighted by Gasteiger charge is -2.22. The Labute approximate surface area is 157 Å². The molecule has 2 aromatic rings. The molecule has 0 saturated heterocycles. The van der Waals surface area contributed by atoms with E-state index in [2.05, 4.69) is 24.1 Å². The number of halogens is 2. The number of anilines is 3. The Balaban J connectivity index is 2.12. The van der Waals surface area contributed by atoms with Gasteiger partial charge in [-0.1, -0.05) is 6.07 Å². The highest BCUT2D eigenvalue weighted by molar-refractivity contribution is 6.02. The number of nitrogens with one attached hydrogen (secondary N) is 1. The van der Waals surface area contributed by atoms with E-state index in [0.717, 1.165) is 42.7 Å². The van der Waals surface area contributed by atoms with Crippen LogP contribution in [0.2, 0.25) is 0 Å². The minimum absolute atomic E-state index is 0.495. The van der Waals surface area contributed by atoms with Crippen molar-refractivity contribution in [3.05, 3.63) is 54.1 Å². The Morgan fingerprint density at radius 3 is 2.00 bits per heavy atom. The van der Waals surface area contributed by atoms with Crippen molar-refractivity contribution >= 4 is 28.9 Å². The first-order valence-corrected chi connectivity index (χ1v) is 8.74. The minimum atomic E-state index is -0.901. The van der Waals surface area contributed by atoms with Crippen molar-refractivity contribution in [2.24, 2.45) is 0 Å². The zero-order chi connectivity index (χ0) is 20.0. The normalized spacial score (nSPS) is 10.4. The second-order valence-corrected chi connectivity index (χ2v) is 5.94. The summed E-state index contributed by atoms with van der Waals surface area (Å²) in [5.41, 5.74) is 1.03. The molecule has 0 atom stereocenters. The smallest absolute Gasteiger partial charge is 0.244 e. The summed E-state index contributed by atoms with van der Waals surface area (Å²) in [6.45, 7) is 6.49. The third kappa shape index (κ3) is 5.03. The molecule has 0 saturated carbocycles. The quantitative estimate of drug-likeness (QED) is 0.801. The van der Waals surface area contributed by atoms with Crippen molar-refractivity contribution in [2.75, 3.05) is 34.8 Å². The van der Waals surface area contributed by atoms with Gasteiger partial charge in [-0.05, 0) is 50.2 Å². The number of hydrogen-bond acceptors (Lipinski definition) is 3. The van der Waals surface area contributed by atoms with E-state index < -0.39 is 35.7 Å². The predicted octanol–water partition coefficient (Wildman–Crippen LogP) is 3.80. The molecule has 0 unspecified atom stereocenters. The van der Waals surface area contributed by atoms with E-state index in [9.17, 15) is 18.4 Å². The Hall–Kier alpha value is -2.96. The van der Waals surface area contributed by atoms with Crippen molar-refractivity contribution in [3.63, 3.8) is 0 Å². The van der Waals surface area contributed by atoms with Gasteiger partial charge in [0.05, 0.1) is 0 Å². The van der Waals surface area contributed by atoms with Crippen molar-refractivity contribution in [1.82, 2.24) is 0 Å². The number of carbonyl (C=O) groups is 2. The number of amides is 2. The molecule has 0 aliphatic carbocycles. The highest BCUT2D eigenvalue weighted by Gasteiger charge is 2.22. The Morgan fingerprint density at radius 1 is 0.963 bits per heavy atom. The van der Waals surface area contributed by atoms with Crippen molar-refractivity contribution < 1.29 is 18.4 Å². The summed E-state index contributed by atoms with van der Waals surface area (Å²) in [5.74, 6) is -2.99.